The summed E-state index contributed by atoms with van der Waals surface area (Å²) in [5.41, 5.74) is 9.04. The number of hydrogen-bond acceptors (Lipinski definition) is 4. The fourth-order valence-electron chi connectivity index (χ4n) is 2.24. The van der Waals surface area contributed by atoms with E-state index in [0.29, 0.717) is 23.7 Å². The summed E-state index contributed by atoms with van der Waals surface area (Å²) < 4.78 is 5.15. The van der Waals surface area contributed by atoms with Crippen molar-refractivity contribution in [3.8, 4) is 0 Å². The topological polar surface area (TPSA) is 72.4 Å². The molecule has 2 heterocycles. The van der Waals surface area contributed by atoms with Crippen molar-refractivity contribution < 1.29 is 9.21 Å². The van der Waals surface area contributed by atoms with Crippen LogP contribution in [0.3, 0.4) is 0 Å². The Morgan fingerprint density at radius 3 is 3.06 bits per heavy atom. The predicted octanol–water partition coefficient (Wildman–Crippen LogP) is 1.77. The van der Waals surface area contributed by atoms with Crippen LogP contribution >= 0.6 is 0 Å². The number of anilines is 2. The molecule has 5 heteroatoms. The van der Waals surface area contributed by atoms with E-state index in [1.54, 1.807) is 11.8 Å². The predicted molar refractivity (Wildman–Crippen MR) is 67.5 cm³/mol. The van der Waals surface area contributed by atoms with Gasteiger partial charge in [-0.05, 0) is 31.0 Å². The quantitative estimate of drug-likeness (QED) is 0.775. The van der Waals surface area contributed by atoms with Crippen molar-refractivity contribution >= 4 is 17.3 Å². The summed E-state index contributed by atoms with van der Waals surface area (Å²) >= 11 is 0. The first-order valence-corrected chi connectivity index (χ1v) is 5.77. The van der Waals surface area contributed by atoms with Gasteiger partial charge in [0.25, 0.3) is 5.91 Å². The zero-order valence-electron chi connectivity index (χ0n) is 10.0. The van der Waals surface area contributed by atoms with E-state index in [-0.39, 0.29) is 5.91 Å². The SMILES string of the molecule is Cc1ncoc1C(=O)N1CCc2ccc(N)cc21. The maximum Gasteiger partial charge on any atom is 0.295 e. The number of fused-ring (bicyclic) bond motifs is 1. The van der Waals surface area contributed by atoms with Crippen LogP contribution < -0.4 is 10.6 Å². The third-order valence-electron chi connectivity index (χ3n) is 3.19. The van der Waals surface area contributed by atoms with Gasteiger partial charge in [0.2, 0.25) is 5.76 Å². The maximum atomic E-state index is 12.4. The van der Waals surface area contributed by atoms with Gasteiger partial charge in [0.1, 0.15) is 0 Å². The third kappa shape index (κ3) is 1.55. The first-order chi connectivity index (χ1) is 8.66. The van der Waals surface area contributed by atoms with Crippen molar-refractivity contribution in [3.63, 3.8) is 0 Å². The number of carbonyl (C=O) groups is 1. The monoisotopic (exact) mass is 243 g/mol. The second-order valence-electron chi connectivity index (χ2n) is 4.36. The molecule has 0 radical (unpaired) electrons. The van der Waals surface area contributed by atoms with Crippen LogP contribution in [0.4, 0.5) is 11.4 Å². The molecule has 2 aromatic rings. The first-order valence-electron chi connectivity index (χ1n) is 5.77. The van der Waals surface area contributed by atoms with E-state index in [0.717, 1.165) is 17.7 Å². The second-order valence-corrected chi connectivity index (χ2v) is 4.36. The second kappa shape index (κ2) is 3.87. The van der Waals surface area contributed by atoms with E-state index >= 15 is 0 Å². The number of hydrogen-bond donors (Lipinski definition) is 1. The Balaban J connectivity index is 2.00. The van der Waals surface area contributed by atoms with Crippen molar-refractivity contribution in [2.75, 3.05) is 17.2 Å². The number of carbonyl (C=O) groups excluding carboxylic acids is 1. The maximum absolute atomic E-state index is 12.4. The lowest BCUT2D eigenvalue weighted by Gasteiger charge is -2.16. The minimum atomic E-state index is -0.158. The molecule has 0 bridgehead atoms. The third-order valence-corrected chi connectivity index (χ3v) is 3.19. The van der Waals surface area contributed by atoms with Crippen molar-refractivity contribution in [3.05, 3.63) is 41.6 Å². The highest BCUT2D eigenvalue weighted by Gasteiger charge is 2.28. The van der Waals surface area contributed by atoms with E-state index in [2.05, 4.69) is 4.98 Å². The molecule has 0 saturated carbocycles. The van der Waals surface area contributed by atoms with Crippen LogP contribution in [0.2, 0.25) is 0 Å². The van der Waals surface area contributed by atoms with Gasteiger partial charge < -0.3 is 15.1 Å². The molecule has 2 N–H and O–H groups in total. The van der Waals surface area contributed by atoms with Gasteiger partial charge in [-0.1, -0.05) is 6.07 Å². The molecule has 1 aromatic carbocycles. The number of benzene rings is 1. The van der Waals surface area contributed by atoms with Crippen LogP contribution in [0.25, 0.3) is 0 Å². The van der Waals surface area contributed by atoms with Crippen LogP contribution in [-0.2, 0) is 6.42 Å². The van der Waals surface area contributed by atoms with Crippen LogP contribution in [0.1, 0.15) is 21.8 Å². The minimum absolute atomic E-state index is 0.158. The molecule has 92 valence electrons. The number of aryl methyl sites for hydroxylation is 1. The molecule has 0 aliphatic carbocycles. The fraction of sp³-hybridized carbons (Fsp3) is 0.231. The molecule has 5 nitrogen and oxygen atoms in total. The number of aromatic nitrogens is 1. The van der Waals surface area contributed by atoms with Gasteiger partial charge >= 0.3 is 0 Å². The number of nitrogens with two attached hydrogens (primary N) is 1. The minimum Gasteiger partial charge on any atom is -0.438 e. The highest BCUT2D eigenvalue weighted by molar-refractivity contribution is 6.06. The summed E-state index contributed by atoms with van der Waals surface area (Å²) in [4.78, 5) is 18.0. The van der Waals surface area contributed by atoms with E-state index in [9.17, 15) is 4.79 Å². The average molecular weight is 243 g/mol. The zero-order valence-corrected chi connectivity index (χ0v) is 10.0. The van der Waals surface area contributed by atoms with Crippen LogP contribution in [0, 0.1) is 6.92 Å². The number of rotatable bonds is 1. The largest absolute Gasteiger partial charge is 0.438 e. The standard InChI is InChI=1S/C13H13N3O2/c1-8-12(18-7-15-8)13(17)16-5-4-9-2-3-10(14)6-11(9)16/h2-3,6-7H,4-5,14H2,1H3. The Hall–Kier alpha value is -2.30. The van der Waals surface area contributed by atoms with Gasteiger partial charge in [-0.3, -0.25) is 4.79 Å². The molecule has 0 saturated heterocycles. The van der Waals surface area contributed by atoms with Crippen LogP contribution in [0.15, 0.2) is 29.0 Å². The molecule has 3 rings (SSSR count). The van der Waals surface area contributed by atoms with E-state index in [1.165, 1.54) is 6.39 Å². The molecule has 1 aromatic heterocycles. The smallest absolute Gasteiger partial charge is 0.295 e. The normalized spacial score (nSPS) is 13.7. The highest BCUT2D eigenvalue weighted by atomic mass is 16.3. The van der Waals surface area contributed by atoms with E-state index < -0.39 is 0 Å². The summed E-state index contributed by atoms with van der Waals surface area (Å²) in [7, 11) is 0. The average Bonchev–Trinajstić information content (AvgIpc) is 2.94. The number of amides is 1. The lowest BCUT2D eigenvalue weighted by molar-refractivity contribution is 0.0962. The molecule has 0 fully saturated rings. The van der Waals surface area contributed by atoms with E-state index in [4.69, 9.17) is 10.2 Å². The van der Waals surface area contributed by atoms with Crippen molar-refractivity contribution in [1.29, 1.82) is 0 Å². The van der Waals surface area contributed by atoms with Crippen LogP contribution in [-0.4, -0.2) is 17.4 Å². The molecule has 18 heavy (non-hydrogen) atoms. The van der Waals surface area contributed by atoms with Crippen LogP contribution in [0.5, 0.6) is 0 Å². The molecule has 0 unspecified atom stereocenters. The summed E-state index contributed by atoms with van der Waals surface area (Å²) in [6, 6.07) is 5.64. The molecule has 1 amide bonds. The van der Waals surface area contributed by atoms with Gasteiger partial charge in [-0.15, -0.1) is 0 Å². The Bertz CT molecular complexity index is 618. The fourth-order valence-corrected chi connectivity index (χ4v) is 2.24. The summed E-state index contributed by atoms with van der Waals surface area (Å²) in [6.45, 7) is 2.41. The Morgan fingerprint density at radius 1 is 1.50 bits per heavy atom. The first kappa shape index (κ1) is 10.8. The molecular weight excluding hydrogens is 230 g/mol. The lowest BCUT2D eigenvalue weighted by atomic mass is 10.1. The highest BCUT2D eigenvalue weighted by Crippen LogP contribution is 2.31. The van der Waals surface area contributed by atoms with Crippen molar-refractivity contribution in [2.24, 2.45) is 0 Å². The zero-order chi connectivity index (χ0) is 12.7. The Labute approximate surface area is 104 Å². The van der Waals surface area contributed by atoms with E-state index in [1.807, 2.05) is 18.2 Å². The summed E-state index contributed by atoms with van der Waals surface area (Å²) in [5, 5.41) is 0. The number of nitrogen functional groups attached to an aromatic ring is 1. The number of oxazole rings is 1. The van der Waals surface area contributed by atoms with Gasteiger partial charge in [0.05, 0.1) is 5.69 Å². The van der Waals surface area contributed by atoms with Gasteiger partial charge in [0.15, 0.2) is 6.39 Å². The summed E-state index contributed by atoms with van der Waals surface area (Å²) in [6.07, 6.45) is 2.13. The molecule has 0 atom stereocenters. The van der Waals surface area contributed by atoms with Gasteiger partial charge in [-0.25, -0.2) is 4.98 Å². The Kier molecular flexibility index (Phi) is 2.33. The lowest BCUT2D eigenvalue weighted by Crippen LogP contribution is -2.29. The van der Waals surface area contributed by atoms with Gasteiger partial charge in [-0.2, -0.15) is 0 Å². The van der Waals surface area contributed by atoms with Crippen molar-refractivity contribution in [1.82, 2.24) is 4.98 Å². The molecule has 1 aliphatic rings. The Morgan fingerprint density at radius 2 is 2.33 bits per heavy atom. The number of nitrogens with zero attached hydrogens (tertiary/aromatic N) is 2. The molecule has 1 aliphatic heterocycles. The van der Waals surface area contributed by atoms with Gasteiger partial charge in [0, 0.05) is 17.9 Å². The summed E-state index contributed by atoms with van der Waals surface area (Å²) in [5.74, 6) is 0.139. The molecular formula is C13H13N3O2. The van der Waals surface area contributed by atoms with Crippen molar-refractivity contribution in [2.45, 2.75) is 13.3 Å². The molecule has 0 spiro atoms.